The van der Waals surface area contributed by atoms with Crippen molar-refractivity contribution >= 4 is 39.1 Å². The molecular weight excluding hydrogens is 290 g/mol. The summed E-state index contributed by atoms with van der Waals surface area (Å²) in [4.78, 5) is 4.68. The van der Waals surface area contributed by atoms with Gasteiger partial charge in [0.05, 0.1) is 16.4 Å². The Morgan fingerprint density at radius 1 is 1.13 bits per heavy atom. The molecule has 4 aromatic rings. The molecule has 2 aromatic carbocycles. The molecule has 2 heterocycles. The number of pyridine rings is 1. The third-order valence-electron chi connectivity index (χ3n) is 3.81. The number of anilines is 3. The largest absolute Gasteiger partial charge is 0.508 e. The fraction of sp³-hybridized carbons (Fsp3) is 0.0588. The Bertz CT molecular complexity index is 1040. The molecule has 0 aliphatic heterocycles. The fourth-order valence-corrected chi connectivity index (χ4v) is 2.85. The van der Waals surface area contributed by atoms with E-state index in [0.717, 1.165) is 27.5 Å². The lowest BCUT2D eigenvalue weighted by Gasteiger charge is -2.10. The quantitative estimate of drug-likeness (QED) is 0.529. The molecule has 2 aromatic heterocycles. The summed E-state index contributed by atoms with van der Waals surface area (Å²) < 4.78 is 1.77. The van der Waals surface area contributed by atoms with E-state index in [9.17, 15) is 5.11 Å². The normalized spacial score (nSPS) is 11.2. The van der Waals surface area contributed by atoms with E-state index in [0.29, 0.717) is 11.6 Å². The number of aromatic hydroxyl groups is 1. The Hall–Kier alpha value is -3.28. The van der Waals surface area contributed by atoms with Crippen molar-refractivity contribution in [2.45, 2.75) is 0 Å². The number of rotatable bonds is 2. The highest BCUT2D eigenvalue weighted by atomic mass is 16.3. The van der Waals surface area contributed by atoms with Gasteiger partial charge < -0.3 is 16.2 Å². The van der Waals surface area contributed by atoms with Gasteiger partial charge in [-0.2, -0.15) is 5.10 Å². The Morgan fingerprint density at radius 3 is 2.78 bits per heavy atom. The summed E-state index contributed by atoms with van der Waals surface area (Å²) >= 11 is 0. The van der Waals surface area contributed by atoms with Crippen molar-refractivity contribution < 1.29 is 5.11 Å². The lowest BCUT2D eigenvalue weighted by Crippen LogP contribution is -1.97. The van der Waals surface area contributed by atoms with Crippen LogP contribution >= 0.6 is 0 Å². The number of aromatic nitrogens is 3. The van der Waals surface area contributed by atoms with Crippen molar-refractivity contribution in [2.24, 2.45) is 7.05 Å². The van der Waals surface area contributed by atoms with E-state index >= 15 is 0 Å². The molecule has 0 saturated heterocycles. The molecule has 0 aliphatic rings. The van der Waals surface area contributed by atoms with Crippen molar-refractivity contribution in [2.75, 3.05) is 11.1 Å². The maximum atomic E-state index is 9.63. The molecule has 0 atom stereocenters. The van der Waals surface area contributed by atoms with Crippen LogP contribution in [0.4, 0.5) is 17.3 Å². The topological polar surface area (TPSA) is 89.0 Å². The predicted molar refractivity (Wildman–Crippen MR) is 91.8 cm³/mol. The fourth-order valence-electron chi connectivity index (χ4n) is 2.85. The second-order valence-electron chi connectivity index (χ2n) is 5.39. The number of benzene rings is 2. The number of phenols is 1. The van der Waals surface area contributed by atoms with Crippen LogP contribution in [-0.2, 0) is 7.05 Å². The number of nitrogen functional groups attached to an aromatic ring is 1. The number of fused-ring (bicyclic) bond motifs is 3. The van der Waals surface area contributed by atoms with E-state index in [1.807, 2.05) is 37.4 Å². The summed E-state index contributed by atoms with van der Waals surface area (Å²) in [5.74, 6) is 1.23. The molecule has 0 fully saturated rings. The highest BCUT2D eigenvalue weighted by molar-refractivity contribution is 6.12. The first-order valence-corrected chi connectivity index (χ1v) is 7.20. The van der Waals surface area contributed by atoms with Crippen LogP contribution in [0.1, 0.15) is 0 Å². The van der Waals surface area contributed by atoms with Crippen molar-refractivity contribution in [3.63, 3.8) is 0 Å². The second-order valence-corrected chi connectivity index (χ2v) is 5.39. The summed E-state index contributed by atoms with van der Waals surface area (Å²) in [6, 6.07) is 14.7. The van der Waals surface area contributed by atoms with Gasteiger partial charge in [0.1, 0.15) is 11.6 Å². The lowest BCUT2D eigenvalue weighted by molar-refractivity contribution is 0.475. The number of hydrogen-bond donors (Lipinski definition) is 3. The number of phenolic OH excluding ortho intramolecular Hbond substituents is 1. The Balaban J connectivity index is 2.01. The summed E-state index contributed by atoms with van der Waals surface area (Å²) in [7, 11) is 1.86. The molecule has 6 heteroatoms. The maximum absolute atomic E-state index is 9.63. The number of para-hydroxylation sites is 1. The van der Waals surface area contributed by atoms with Gasteiger partial charge in [-0.05, 0) is 18.2 Å². The van der Waals surface area contributed by atoms with Crippen molar-refractivity contribution in [1.29, 1.82) is 0 Å². The van der Waals surface area contributed by atoms with E-state index < -0.39 is 0 Å². The van der Waals surface area contributed by atoms with Crippen LogP contribution < -0.4 is 11.1 Å². The van der Waals surface area contributed by atoms with E-state index in [-0.39, 0.29) is 5.75 Å². The zero-order chi connectivity index (χ0) is 16.0. The maximum Gasteiger partial charge on any atom is 0.157 e. The molecule has 0 unspecified atom stereocenters. The van der Waals surface area contributed by atoms with Gasteiger partial charge in [-0.15, -0.1) is 0 Å². The molecule has 4 N–H and O–H groups in total. The number of nitrogens with one attached hydrogen (secondary N) is 1. The van der Waals surface area contributed by atoms with Crippen LogP contribution in [0.25, 0.3) is 21.8 Å². The summed E-state index contributed by atoms with van der Waals surface area (Å²) in [6.07, 6.45) is 0. The van der Waals surface area contributed by atoms with Crippen LogP contribution in [-0.4, -0.2) is 19.9 Å². The molecule has 0 bridgehead atoms. The number of hydrogen-bond acceptors (Lipinski definition) is 5. The third-order valence-corrected chi connectivity index (χ3v) is 3.81. The van der Waals surface area contributed by atoms with Crippen LogP contribution in [0.3, 0.4) is 0 Å². The molecule has 4 rings (SSSR count). The molecule has 0 radical (unpaired) electrons. The molecule has 6 nitrogen and oxygen atoms in total. The van der Waals surface area contributed by atoms with Crippen LogP contribution in [0.5, 0.6) is 5.75 Å². The number of nitrogens with zero attached hydrogens (tertiary/aromatic N) is 3. The van der Waals surface area contributed by atoms with Gasteiger partial charge in [-0.25, -0.2) is 4.98 Å². The third kappa shape index (κ3) is 2.12. The minimum Gasteiger partial charge on any atom is -0.508 e. The van der Waals surface area contributed by atoms with E-state index in [1.54, 1.807) is 22.9 Å². The summed E-state index contributed by atoms with van der Waals surface area (Å²) in [5.41, 5.74) is 8.60. The molecule has 0 aliphatic carbocycles. The Labute approximate surface area is 132 Å². The van der Waals surface area contributed by atoms with Crippen LogP contribution in [0.2, 0.25) is 0 Å². The van der Waals surface area contributed by atoms with Gasteiger partial charge >= 0.3 is 0 Å². The molecule has 0 spiro atoms. The highest BCUT2D eigenvalue weighted by Gasteiger charge is 2.16. The second kappa shape index (κ2) is 4.88. The first-order valence-electron chi connectivity index (χ1n) is 7.20. The minimum atomic E-state index is 0.186. The average molecular weight is 305 g/mol. The first kappa shape index (κ1) is 13.4. The monoisotopic (exact) mass is 305 g/mol. The van der Waals surface area contributed by atoms with Gasteiger partial charge in [-0.1, -0.05) is 24.3 Å². The van der Waals surface area contributed by atoms with Crippen molar-refractivity contribution in [3.8, 4) is 5.75 Å². The summed E-state index contributed by atoms with van der Waals surface area (Å²) in [6.45, 7) is 0. The Morgan fingerprint density at radius 2 is 1.96 bits per heavy atom. The van der Waals surface area contributed by atoms with Gasteiger partial charge in [0, 0.05) is 24.2 Å². The zero-order valence-corrected chi connectivity index (χ0v) is 12.5. The first-order chi connectivity index (χ1) is 11.1. The SMILES string of the molecule is Cn1nc(N)c2c(Nc3cccc(O)c3)nc3ccccc3c21. The lowest BCUT2D eigenvalue weighted by atomic mass is 10.1. The van der Waals surface area contributed by atoms with Crippen molar-refractivity contribution in [1.82, 2.24) is 14.8 Å². The summed E-state index contributed by atoms with van der Waals surface area (Å²) in [5, 5.41) is 19.0. The van der Waals surface area contributed by atoms with E-state index in [1.165, 1.54) is 0 Å². The average Bonchev–Trinajstić information content (AvgIpc) is 2.83. The van der Waals surface area contributed by atoms with Gasteiger partial charge in [0.2, 0.25) is 0 Å². The van der Waals surface area contributed by atoms with E-state index in [4.69, 9.17) is 5.73 Å². The molecular formula is C17H15N5O. The highest BCUT2D eigenvalue weighted by Crippen LogP contribution is 2.34. The van der Waals surface area contributed by atoms with Crippen LogP contribution in [0.15, 0.2) is 48.5 Å². The zero-order valence-electron chi connectivity index (χ0n) is 12.5. The minimum absolute atomic E-state index is 0.186. The number of nitrogens with two attached hydrogens (primary N) is 1. The predicted octanol–water partition coefficient (Wildman–Crippen LogP) is 3.15. The van der Waals surface area contributed by atoms with E-state index in [2.05, 4.69) is 15.4 Å². The molecule has 0 saturated carbocycles. The molecule has 23 heavy (non-hydrogen) atoms. The standard InChI is InChI=1S/C17H15N5O/c1-22-15-12-7-2-3-8-13(12)20-17(14(15)16(18)21-22)19-10-5-4-6-11(23)9-10/h2-9,23H,1H3,(H2,18,21)(H,19,20). The van der Waals surface area contributed by atoms with Gasteiger partial charge in [0.25, 0.3) is 0 Å². The van der Waals surface area contributed by atoms with Crippen LogP contribution in [0, 0.1) is 0 Å². The Kier molecular flexibility index (Phi) is 2.84. The van der Waals surface area contributed by atoms with Crippen molar-refractivity contribution in [3.05, 3.63) is 48.5 Å². The van der Waals surface area contributed by atoms with Gasteiger partial charge in [-0.3, -0.25) is 4.68 Å². The number of aryl methyl sites for hydroxylation is 1. The van der Waals surface area contributed by atoms with Gasteiger partial charge in [0.15, 0.2) is 5.82 Å². The smallest absolute Gasteiger partial charge is 0.157 e. The molecule has 114 valence electrons. The molecule has 0 amide bonds.